The van der Waals surface area contributed by atoms with Crippen LogP contribution in [-0.2, 0) is 10.0 Å². The zero-order valence-corrected chi connectivity index (χ0v) is 13.6. The van der Waals surface area contributed by atoms with Gasteiger partial charge in [0.15, 0.2) is 0 Å². The molecular weight excluding hydrogens is 344 g/mol. The van der Waals surface area contributed by atoms with E-state index in [1.165, 1.54) is 13.2 Å². The summed E-state index contributed by atoms with van der Waals surface area (Å²) in [5.74, 6) is 0.317. The highest BCUT2D eigenvalue weighted by molar-refractivity contribution is 9.10. The number of methoxy groups -OCH3 is 1. The number of sulfonamides is 1. The van der Waals surface area contributed by atoms with Crippen molar-refractivity contribution in [3.8, 4) is 11.8 Å². The zero-order chi connectivity index (χ0) is 15.0. The molecule has 0 aliphatic heterocycles. The summed E-state index contributed by atoms with van der Waals surface area (Å²) in [5.41, 5.74) is -1.08. The van der Waals surface area contributed by atoms with Crippen LogP contribution in [0.1, 0.15) is 19.8 Å². The number of hydrogen-bond donors (Lipinski definition) is 1. The van der Waals surface area contributed by atoms with Crippen LogP contribution in [0.15, 0.2) is 27.6 Å². The maximum atomic E-state index is 12.5. The van der Waals surface area contributed by atoms with E-state index in [1.807, 2.05) is 0 Å². The predicted octanol–water partition coefficient (Wildman–Crippen LogP) is 2.43. The largest absolute Gasteiger partial charge is 0.495 e. The molecule has 1 saturated carbocycles. The van der Waals surface area contributed by atoms with Gasteiger partial charge in [0.1, 0.15) is 16.2 Å². The van der Waals surface area contributed by atoms with Gasteiger partial charge in [0.05, 0.1) is 13.2 Å². The minimum Gasteiger partial charge on any atom is -0.495 e. The molecule has 20 heavy (non-hydrogen) atoms. The Morgan fingerprint density at radius 3 is 2.65 bits per heavy atom. The number of halogens is 1. The molecule has 1 aliphatic carbocycles. The van der Waals surface area contributed by atoms with Gasteiger partial charge in [-0.3, -0.25) is 0 Å². The molecule has 108 valence electrons. The fourth-order valence-electron chi connectivity index (χ4n) is 2.05. The zero-order valence-electron chi connectivity index (χ0n) is 11.2. The van der Waals surface area contributed by atoms with Crippen LogP contribution in [0.5, 0.6) is 5.75 Å². The van der Waals surface area contributed by atoms with Gasteiger partial charge in [-0.25, -0.2) is 8.42 Å². The molecule has 0 spiro atoms. The summed E-state index contributed by atoms with van der Waals surface area (Å²) in [7, 11) is -2.42. The molecule has 0 bridgehead atoms. The molecule has 0 heterocycles. The van der Waals surface area contributed by atoms with Crippen molar-refractivity contribution < 1.29 is 13.2 Å². The van der Waals surface area contributed by atoms with E-state index in [-0.39, 0.29) is 16.6 Å². The van der Waals surface area contributed by atoms with E-state index in [4.69, 9.17) is 4.74 Å². The number of ether oxygens (including phenoxy) is 1. The third-order valence-corrected chi connectivity index (χ3v) is 5.47. The van der Waals surface area contributed by atoms with Crippen LogP contribution in [0, 0.1) is 17.2 Å². The number of nitrogens with one attached hydrogen (secondary N) is 1. The van der Waals surface area contributed by atoms with Gasteiger partial charge >= 0.3 is 0 Å². The summed E-state index contributed by atoms with van der Waals surface area (Å²) < 4.78 is 33.2. The maximum absolute atomic E-state index is 12.5. The highest BCUT2D eigenvalue weighted by atomic mass is 79.9. The van der Waals surface area contributed by atoms with Crippen molar-refractivity contribution in [1.29, 1.82) is 5.26 Å². The van der Waals surface area contributed by atoms with Gasteiger partial charge in [-0.2, -0.15) is 9.98 Å². The fraction of sp³-hybridized carbons (Fsp3) is 0.462. The molecule has 2 rings (SSSR count). The Morgan fingerprint density at radius 1 is 1.50 bits per heavy atom. The molecular formula is C13H15BrN2O3S. The van der Waals surface area contributed by atoms with Crippen molar-refractivity contribution in [2.24, 2.45) is 5.92 Å². The van der Waals surface area contributed by atoms with Crippen LogP contribution < -0.4 is 9.46 Å². The molecule has 5 nitrogen and oxygen atoms in total. The average Bonchev–Trinajstić information content (AvgIpc) is 3.22. The number of hydrogen-bond acceptors (Lipinski definition) is 4. The van der Waals surface area contributed by atoms with Crippen molar-refractivity contribution in [2.45, 2.75) is 30.2 Å². The van der Waals surface area contributed by atoms with E-state index >= 15 is 0 Å². The van der Waals surface area contributed by atoms with Crippen LogP contribution >= 0.6 is 15.9 Å². The van der Waals surface area contributed by atoms with Crippen molar-refractivity contribution in [2.75, 3.05) is 7.11 Å². The van der Waals surface area contributed by atoms with Crippen LogP contribution in [0.25, 0.3) is 0 Å². The first-order valence-electron chi connectivity index (χ1n) is 6.11. The first-order valence-corrected chi connectivity index (χ1v) is 8.39. The summed E-state index contributed by atoms with van der Waals surface area (Å²) in [6.07, 6.45) is 1.73. The van der Waals surface area contributed by atoms with Crippen LogP contribution in [-0.4, -0.2) is 21.1 Å². The first kappa shape index (κ1) is 15.3. The number of nitriles is 1. The Bertz CT molecular complexity index is 665. The van der Waals surface area contributed by atoms with Gasteiger partial charge in [-0.05, 0) is 43.9 Å². The number of rotatable bonds is 5. The normalized spacial score (nSPS) is 18.1. The summed E-state index contributed by atoms with van der Waals surface area (Å²) in [6.45, 7) is 1.62. The minimum atomic E-state index is -3.83. The lowest BCUT2D eigenvalue weighted by Gasteiger charge is -2.23. The molecule has 0 saturated heterocycles. The lowest BCUT2D eigenvalue weighted by atomic mass is 10.0. The lowest BCUT2D eigenvalue weighted by molar-refractivity contribution is 0.400. The van der Waals surface area contributed by atoms with E-state index < -0.39 is 15.6 Å². The smallest absolute Gasteiger partial charge is 0.245 e. The molecule has 1 aromatic rings. The second kappa shape index (κ2) is 5.35. The van der Waals surface area contributed by atoms with Crippen molar-refractivity contribution in [3.63, 3.8) is 0 Å². The number of nitrogens with zero attached hydrogens (tertiary/aromatic N) is 1. The summed E-state index contributed by atoms with van der Waals surface area (Å²) in [5, 5.41) is 9.27. The van der Waals surface area contributed by atoms with Gasteiger partial charge in [-0.15, -0.1) is 0 Å². The van der Waals surface area contributed by atoms with Crippen molar-refractivity contribution in [3.05, 3.63) is 22.7 Å². The fourth-order valence-corrected chi connectivity index (χ4v) is 4.14. The second-order valence-electron chi connectivity index (χ2n) is 4.99. The predicted molar refractivity (Wildman–Crippen MR) is 77.8 cm³/mol. The van der Waals surface area contributed by atoms with Gasteiger partial charge in [0.25, 0.3) is 0 Å². The van der Waals surface area contributed by atoms with Crippen molar-refractivity contribution in [1.82, 2.24) is 4.72 Å². The van der Waals surface area contributed by atoms with Gasteiger partial charge < -0.3 is 4.74 Å². The van der Waals surface area contributed by atoms with E-state index in [1.54, 1.807) is 19.1 Å². The molecule has 0 aromatic heterocycles. The molecule has 0 radical (unpaired) electrons. The lowest BCUT2D eigenvalue weighted by Crippen LogP contribution is -2.46. The molecule has 0 amide bonds. The highest BCUT2D eigenvalue weighted by Crippen LogP contribution is 2.40. The SMILES string of the molecule is COc1ccc(Br)cc1S(=O)(=O)N[C@](C)(C#N)C1CC1. The monoisotopic (exact) mass is 358 g/mol. The van der Waals surface area contributed by atoms with Crippen LogP contribution in [0.4, 0.5) is 0 Å². The molecule has 7 heteroatoms. The molecule has 0 unspecified atom stereocenters. The second-order valence-corrected chi connectivity index (χ2v) is 7.56. The van der Waals surface area contributed by atoms with Gasteiger partial charge in [-0.1, -0.05) is 15.9 Å². The van der Waals surface area contributed by atoms with Gasteiger partial charge in [0.2, 0.25) is 10.0 Å². The Hall–Kier alpha value is -1.10. The first-order chi connectivity index (χ1) is 9.32. The molecule has 1 N–H and O–H groups in total. The van der Waals surface area contributed by atoms with E-state index in [2.05, 4.69) is 26.7 Å². The molecule has 1 aromatic carbocycles. The Labute approximate surface area is 127 Å². The van der Waals surface area contributed by atoms with E-state index in [0.29, 0.717) is 4.47 Å². The topological polar surface area (TPSA) is 79.2 Å². The Morgan fingerprint density at radius 2 is 2.15 bits per heavy atom. The summed E-state index contributed by atoms with van der Waals surface area (Å²) >= 11 is 3.24. The molecule has 1 aliphatic rings. The summed E-state index contributed by atoms with van der Waals surface area (Å²) in [6, 6.07) is 6.81. The third kappa shape index (κ3) is 2.97. The Balaban J connectivity index is 2.40. The average molecular weight is 359 g/mol. The van der Waals surface area contributed by atoms with Gasteiger partial charge in [0, 0.05) is 4.47 Å². The van der Waals surface area contributed by atoms with Crippen LogP contribution in [0.3, 0.4) is 0 Å². The molecule has 1 atom stereocenters. The van der Waals surface area contributed by atoms with Crippen molar-refractivity contribution >= 4 is 26.0 Å². The Kier molecular flexibility index (Phi) is 4.09. The highest BCUT2D eigenvalue weighted by Gasteiger charge is 2.45. The number of benzene rings is 1. The van der Waals surface area contributed by atoms with E-state index in [0.717, 1.165) is 12.8 Å². The standard InChI is InChI=1S/C13H15BrN2O3S/c1-13(8-15,9-3-4-9)16-20(17,18)12-7-10(14)5-6-11(12)19-2/h5-7,9,16H,3-4H2,1-2H3/t13-/m1/s1. The minimum absolute atomic E-state index is 0.0245. The maximum Gasteiger partial charge on any atom is 0.245 e. The molecule has 1 fully saturated rings. The third-order valence-electron chi connectivity index (χ3n) is 3.39. The summed E-state index contributed by atoms with van der Waals surface area (Å²) in [4.78, 5) is 0.0245. The quantitative estimate of drug-likeness (QED) is 0.876. The van der Waals surface area contributed by atoms with E-state index in [9.17, 15) is 13.7 Å². The van der Waals surface area contributed by atoms with Crippen LogP contribution in [0.2, 0.25) is 0 Å².